The van der Waals surface area contributed by atoms with Crippen molar-refractivity contribution in [1.29, 1.82) is 0 Å². The van der Waals surface area contributed by atoms with Crippen molar-refractivity contribution in [2.75, 3.05) is 5.32 Å². The van der Waals surface area contributed by atoms with Crippen LogP contribution in [0.2, 0.25) is 0 Å². The molecule has 0 bridgehead atoms. The van der Waals surface area contributed by atoms with Crippen LogP contribution < -0.4 is 5.32 Å². The summed E-state index contributed by atoms with van der Waals surface area (Å²) >= 11 is 1.38. The van der Waals surface area contributed by atoms with E-state index in [9.17, 15) is 0 Å². The summed E-state index contributed by atoms with van der Waals surface area (Å²) in [6.07, 6.45) is 1.75. The molecule has 78 valence electrons. The molecule has 4 heteroatoms. The van der Waals surface area contributed by atoms with Gasteiger partial charge in [-0.05, 0) is 19.4 Å². The molecule has 1 heterocycles. The SMILES string of the molecule is Cc1cccc(C(C)Nc2cnns2)c1. The summed E-state index contributed by atoms with van der Waals surface area (Å²) in [4.78, 5) is 0. The zero-order valence-electron chi connectivity index (χ0n) is 8.77. The Bertz CT molecular complexity index is 425. The quantitative estimate of drug-likeness (QED) is 0.862. The topological polar surface area (TPSA) is 37.8 Å². The molecular weight excluding hydrogens is 206 g/mol. The second-order valence-electron chi connectivity index (χ2n) is 3.56. The number of aromatic nitrogens is 2. The van der Waals surface area contributed by atoms with Crippen LogP contribution in [0.15, 0.2) is 30.5 Å². The maximum Gasteiger partial charge on any atom is 0.130 e. The molecule has 15 heavy (non-hydrogen) atoms. The van der Waals surface area contributed by atoms with Gasteiger partial charge in [-0.15, -0.1) is 5.10 Å². The molecule has 0 aliphatic heterocycles. The Hall–Kier alpha value is -1.42. The highest BCUT2D eigenvalue weighted by Crippen LogP contribution is 2.20. The molecule has 0 aliphatic carbocycles. The molecule has 0 radical (unpaired) electrons. The number of hydrogen-bond acceptors (Lipinski definition) is 4. The molecule has 1 aromatic heterocycles. The largest absolute Gasteiger partial charge is 0.368 e. The van der Waals surface area contributed by atoms with Crippen LogP contribution in [0.3, 0.4) is 0 Å². The predicted octanol–water partition coefficient (Wildman–Crippen LogP) is 3.02. The molecule has 0 aliphatic rings. The van der Waals surface area contributed by atoms with Gasteiger partial charge in [0.05, 0.1) is 6.20 Å². The lowest BCUT2D eigenvalue weighted by Gasteiger charge is -2.13. The molecule has 2 aromatic rings. The lowest BCUT2D eigenvalue weighted by Crippen LogP contribution is -2.05. The van der Waals surface area contributed by atoms with Gasteiger partial charge in [0.1, 0.15) is 5.00 Å². The van der Waals surface area contributed by atoms with Crippen molar-refractivity contribution in [3.63, 3.8) is 0 Å². The van der Waals surface area contributed by atoms with Crippen molar-refractivity contribution in [2.24, 2.45) is 0 Å². The number of hydrogen-bond donors (Lipinski definition) is 1. The summed E-state index contributed by atoms with van der Waals surface area (Å²) in [5, 5.41) is 8.16. The van der Waals surface area contributed by atoms with Crippen molar-refractivity contribution in [3.8, 4) is 0 Å². The Kier molecular flexibility index (Phi) is 2.97. The van der Waals surface area contributed by atoms with Crippen molar-refractivity contribution in [3.05, 3.63) is 41.6 Å². The first-order valence-corrected chi connectivity index (χ1v) is 5.63. The highest BCUT2D eigenvalue weighted by Gasteiger charge is 2.06. The molecule has 1 aromatic carbocycles. The van der Waals surface area contributed by atoms with Crippen molar-refractivity contribution < 1.29 is 0 Å². The Balaban J connectivity index is 2.11. The smallest absolute Gasteiger partial charge is 0.130 e. The van der Waals surface area contributed by atoms with Gasteiger partial charge in [0.2, 0.25) is 0 Å². The molecule has 0 saturated heterocycles. The van der Waals surface area contributed by atoms with Gasteiger partial charge in [0.25, 0.3) is 0 Å². The normalized spacial score (nSPS) is 12.4. The lowest BCUT2D eigenvalue weighted by atomic mass is 10.1. The second-order valence-corrected chi connectivity index (χ2v) is 4.35. The van der Waals surface area contributed by atoms with E-state index in [4.69, 9.17) is 0 Å². The molecule has 0 amide bonds. The summed E-state index contributed by atoms with van der Waals surface area (Å²) in [5.74, 6) is 0. The van der Waals surface area contributed by atoms with Crippen LogP contribution in [-0.2, 0) is 0 Å². The van der Waals surface area contributed by atoms with Gasteiger partial charge in [-0.25, -0.2) is 0 Å². The van der Waals surface area contributed by atoms with Crippen molar-refractivity contribution >= 4 is 16.5 Å². The van der Waals surface area contributed by atoms with Crippen LogP contribution in [-0.4, -0.2) is 9.59 Å². The van der Waals surface area contributed by atoms with Crippen LogP contribution in [0.5, 0.6) is 0 Å². The third kappa shape index (κ3) is 2.53. The summed E-state index contributed by atoms with van der Waals surface area (Å²) < 4.78 is 3.82. The number of anilines is 1. The van der Waals surface area contributed by atoms with E-state index in [-0.39, 0.29) is 6.04 Å². The molecule has 0 spiro atoms. The number of nitrogens with zero attached hydrogens (tertiary/aromatic N) is 2. The van der Waals surface area contributed by atoms with Crippen LogP contribution in [0, 0.1) is 6.92 Å². The van der Waals surface area contributed by atoms with Gasteiger partial charge in [-0.1, -0.05) is 34.3 Å². The highest BCUT2D eigenvalue weighted by atomic mass is 32.1. The van der Waals surface area contributed by atoms with Gasteiger partial charge >= 0.3 is 0 Å². The van der Waals surface area contributed by atoms with Crippen LogP contribution in [0.4, 0.5) is 5.00 Å². The zero-order valence-corrected chi connectivity index (χ0v) is 9.58. The molecule has 1 atom stereocenters. The minimum Gasteiger partial charge on any atom is -0.368 e. The maximum absolute atomic E-state index is 3.82. The fourth-order valence-corrected chi connectivity index (χ4v) is 1.97. The van der Waals surface area contributed by atoms with E-state index in [0.29, 0.717) is 0 Å². The first kappa shape index (κ1) is 10.1. The summed E-state index contributed by atoms with van der Waals surface area (Å²) in [6.45, 7) is 4.24. The maximum atomic E-state index is 3.82. The molecule has 1 unspecified atom stereocenters. The number of nitrogens with one attached hydrogen (secondary N) is 1. The first-order valence-electron chi connectivity index (χ1n) is 4.86. The monoisotopic (exact) mass is 219 g/mol. The fourth-order valence-electron chi connectivity index (χ4n) is 1.47. The van der Waals surface area contributed by atoms with Crippen LogP contribution >= 0.6 is 11.5 Å². The Labute approximate surface area is 93.3 Å². The standard InChI is InChI=1S/C11H13N3S/c1-8-4-3-5-10(6-8)9(2)13-11-7-12-14-15-11/h3-7,9,13H,1-2H3. The van der Waals surface area contributed by atoms with Crippen molar-refractivity contribution in [2.45, 2.75) is 19.9 Å². The Morgan fingerprint density at radius 1 is 1.40 bits per heavy atom. The number of rotatable bonds is 3. The molecule has 0 saturated carbocycles. The van der Waals surface area contributed by atoms with Gasteiger partial charge in [-0.3, -0.25) is 0 Å². The van der Waals surface area contributed by atoms with Crippen LogP contribution in [0.25, 0.3) is 0 Å². The van der Waals surface area contributed by atoms with E-state index in [2.05, 4.69) is 53.0 Å². The van der Waals surface area contributed by atoms with E-state index >= 15 is 0 Å². The highest BCUT2D eigenvalue weighted by molar-refractivity contribution is 7.09. The lowest BCUT2D eigenvalue weighted by molar-refractivity contribution is 0.886. The number of benzene rings is 1. The second kappa shape index (κ2) is 4.40. The minimum atomic E-state index is 0.284. The molecule has 3 nitrogen and oxygen atoms in total. The Morgan fingerprint density at radius 2 is 2.27 bits per heavy atom. The van der Waals surface area contributed by atoms with Gasteiger partial charge < -0.3 is 5.32 Å². The third-order valence-corrected chi connectivity index (χ3v) is 2.86. The van der Waals surface area contributed by atoms with E-state index < -0.39 is 0 Å². The number of aryl methyl sites for hydroxylation is 1. The van der Waals surface area contributed by atoms with Crippen molar-refractivity contribution in [1.82, 2.24) is 9.59 Å². The summed E-state index contributed by atoms with van der Waals surface area (Å²) in [5.41, 5.74) is 2.56. The van der Waals surface area contributed by atoms with Gasteiger partial charge in [0, 0.05) is 17.6 Å². The molecular formula is C11H13N3S. The zero-order chi connectivity index (χ0) is 10.7. The van der Waals surface area contributed by atoms with Crippen LogP contribution in [0.1, 0.15) is 24.1 Å². The summed E-state index contributed by atoms with van der Waals surface area (Å²) in [6, 6.07) is 8.77. The average molecular weight is 219 g/mol. The first-order chi connectivity index (χ1) is 7.25. The molecule has 1 N–H and O–H groups in total. The van der Waals surface area contributed by atoms with E-state index in [0.717, 1.165) is 5.00 Å². The Morgan fingerprint density at radius 3 is 2.93 bits per heavy atom. The van der Waals surface area contributed by atoms with E-state index in [1.54, 1.807) is 6.20 Å². The van der Waals surface area contributed by atoms with Gasteiger partial charge in [-0.2, -0.15) is 0 Å². The van der Waals surface area contributed by atoms with Gasteiger partial charge in [0.15, 0.2) is 0 Å². The van der Waals surface area contributed by atoms with E-state index in [1.165, 1.54) is 22.7 Å². The predicted molar refractivity (Wildman–Crippen MR) is 63.1 cm³/mol. The fraction of sp³-hybridized carbons (Fsp3) is 0.273. The molecule has 2 rings (SSSR count). The third-order valence-electron chi connectivity index (χ3n) is 2.26. The van der Waals surface area contributed by atoms with E-state index in [1.807, 2.05) is 0 Å². The minimum absolute atomic E-state index is 0.284. The average Bonchev–Trinajstić information content (AvgIpc) is 2.70. The summed E-state index contributed by atoms with van der Waals surface area (Å²) in [7, 11) is 0. The molecule has 0 fully saturated rings.